The minimum absolute atomic E-state index is 0.0207. The SMILES string of the molecule is CN(Cc1ccc(F)cc1)C(=O)CN1CCN(C(=O)c2cccs2)CC1. The van der Waals surface area contributed by atoms with Crippen molar-refractivity contribution in [1.29, 1.82) is 0 Å². The summed E-state index contributed by atoms with van der Waals surface area (Å²) in [5.41, 5.74) is 0.897. The van der Waals surface area contributed by atoms with Crippen LogP contribution < -0.4 is 0 Å². The van der Waals surface area contributed by atoms with Crippen molar-refractivity contribution in [2.75, 3.05) is 39.8 Å². The number of nitrogens with zero attached hydrogens (tertiary/aromatic N) is 3. The van der Waals surface area contributed by atoms with Crippen LogP contribution in [0.3, 0.4) is 0 Å². The molecule has 2 aromatic rings. The second kappa shape index (κ2) is 8.42. The molecule has 1 aliphatic heterocycles. The molecule has 0 spiro atoms. The van der Waals surface area contributed by atoms with Crippen LogP contribution in [0.2, 0.25) is 0 Å². The lowest BCUT2D eigenvalue weighted by Crippen LogP contribution is -2.51. The van der Waals surface area contributed by atoms with Crippen LogP contribution >= 0.6 is 11.3 Å². The van der Waals surface area contributed by atoms with Crippen LogP contribution in [0.5, 0.6) is 0 Å². The van der Waals surface area contributed by atoms with Gasteiger partial charge in [0.1, 0.15) is 5.82 Å². The minimum atomic E-state index is -0.280. The highest BCUT2D eigenvalue weighted by Gasteiger charge is 2.24. The highest BCUT2D eigenvalue weighted by Crippen LogP contribution is 2.14. The van der Waals surface area contributed by atoms with Crippen LogP contribution in [-0.4, -0.2) is 66.3 Å². The number of carbonyl (C=O) groups is 2. The van der Waals surface area contributed by atoms with Gasteiger partial charge in [-0.15, -0.1) is 11.3 Å². The molecule has 3 rings (SSSR count). The third-order valence-electron chi connectivity index (χ3n) is 4.51. The molecule has 0 saturated carbocycles. The highest BCUT2D eigenvalue weighted by atomic mass is 32.1. The van der Waals surface area contributed by atoms with Gasteiger partial charge in [0, 0.05) is 39.8 Å². The van der Waals surface area contributed by atoms with Crippen molar-refractivity contribution in [3.8, 4) is 0 Å². The number of likely N-dealkylation sites (N-methyl/N-ethyl adjacent to an activating group) is 1. The Labute approximate surface area is 156 Å². The summed E-state index contributed by atoms with van der Waals surface area (Å²) in [6.07, 6.45) is 0. The van der Waals surface area contributed by atoms with Gasteiger partial charge >= 0.3 is 0 Å². The molecule has 26 heavy (non-hydrogen) atoms. The monoisotopic (exact) mass is 375 g/mol. The van der Waals surface area contributed by atoms with E-state index in [1.807, 2.05) is 22.4 Å². The summed E-state index contributed by atoms with van der Waals surface area (Å²) < 4.78 is 13.0. The molecule has 0 atom stereocenters. The Morgan fingerprint density at radius 3 is 2.42 bits per heavy atom. The molecule has 0 unspecified atom stereocenters. The molecule has 0 N–H and O–H groups in total. The van der Waals surface area contributed by atoms with Gasteiger partial charge in [0.2, 0.25) is 5.91 Å². The van der Waals surface area contributed by atoms with Crippen molar-refractivity contribution in [3.05, 3.63) is 58.0 Å². The number of benzene rings is 1. The first kappa shape index (κ1) is 18.5. The van der Waals surface area contributed by atoms with Gasteiger partial charge in [-0.3, -0.25) is 14.5 Å². The van der Waals surface area contributed by atoms with E-state index in [1.165, 1.54) is 23.5 Å². The number of hydrogen-bond donors (Lipinski definition) is 0. The van der Waals surface area contributed by atoms with Crippen molar-refractivity contribution in [2.24, 2.45) is 0 Å². The fourth-order valence-corrected chi connectivity index (χ4v) is 3.62. The predicted octanol–water partition coefficient (Wildman–Crippen LogP) is 2.30. The third-order valence-corrected chi connectivity index (χ3v) is 5.37. The van der Waals surface area contributed by atoms with Crippen LogP contribution in [0, 0.1) is 5.82 Å². The van der Waals surface area contributed by atoms with Crippen LogP contribution in [0.25, 0.3) is 0 Å². The van der Waals surface area contributed by atoms with Gasteiger partial charge in [-0.1, -0.05) is 18.2 Å². The largest absolute Gasteiger partial charge is 0.340 e. The maximum Gasteiger partial charge on any atom is 0.264 e. The maximum atomic E-state index is 13.0. The average Bonchev–Trinajstić information content (AvgIpc) is 3.18. The van der Waals surface area contributed by atoms with Crippen molar-refractivity contribution < 1.29 is 14.0 Å². The van der Waals surface area contributed by atoms with Crippen molar-refractivity contribution >= 4 is 23.2 Å². The maximum absolute atomic E-state index is 13.0. The summed E-state index contributed by atoms with van der Waals surface area (Å²) in [7, 11) is 1.75. The summed E-state index contributed by atoms with van der Waals surface area (Å²) in [6, 6.07) is 9.90. The van der Waals surface area contributed by atoms with E-state index in [9.17, 15) is 14.0 Å². The summed E-state index contributed by atoms with van der Waals surface area (Å²) >= 11 is 1.45. The summed E-state index contributed by atoms with van der Waals surface area (Å²) in [6.45, 7) is 3.42. The number of carbonyl (C=O) groups excluding carboxylic acids is 2. The molecular formula is C19H22FN3O2S. The number of rotatable bonds is 5. The number of thiophene rings is 1. The van der Waals surface area contributed by atoms with E-state index in [1.54, 1.807) is 24.1 Å². The molecule has 0 aliphatic carbocycles. The Morgan fingerprint density at radius 1 is 1.12 bits per heavy atom. The molecule has 1 aliphatic rings. The molecule has 1 saturated heterocycles. The van der Waals surface area contributed by atoms with Crippen molar-refractivity contribution in [3.63, 3.8) is 0 Å². The quantitative estimate of drug-likeness (QED) is 0.806. The van der Waals surface area contributed by atoms with E-state index >= 15 is 0 Å². The fraction of sp³-hybridized carbons (Fsp3) is 0.368. The third kappa shape index (κ3) is 4.68. The van der Waals surface area contributed by atoms with Crippen LogP contribution in [0.1, 0.15) is 15.2 Å². The van der Waals surface area contributed by atoms with Crippen LogP contribution in [0.4, 0.5) is 4.39 Å². The Morgan fingerprint density at radius 2 is 1.81 bits per heavy atom. The molecular weight excluding hydrogens is 353 g/mol. The van der Waals surface area contributed by atoms with Crippen molar-refractivity contribution in [2.45, 2.75) is 6.54 Å². The lowest BCUT2D eigenvalue weighted by molar-refractivity contribution is -0.132. The molecule has 2 amide bonds. The molecule has 7 heteroatoms. The first-order valence-electron chi connectivity index (χ1n) is 8.56. The van der Waals surface area contributed by atoms with E-state index in [4.69, 9.17) is 0 Å². The van der Waals surface area contributed by atoms with Crippen LogP contribution in [-0.2, 0) is 11.3 Å². The summed E-state index contributed by atoms with van der Waals surface area (Å²) in [5.74, 6) is -0.190. The van der Waals surface area contributed by atoms with Gasteiger partial charge in [0.05, 0.1) is 11.4 Å². The van der Waals surface area contributed by atoms with Gasteiger partial charge in [0.15, 0.2) is 0 Å². The summed E-state index contributed by atoms with van der Waals surface area (Å²) in [4.78, 5) is 31.1. The zero-order chi connectivity index (χ0) is 18.5. The van der Waals surface area contributed by atoms with Gasteiger partial charge in [-0.25, -0.2) is 4.39 Å². The Balaban J connectivity index is 1.45. The normalized spacial score (nSPS) is 15.1. The van der Waals surface area contributed by atoms with Crippen molar-refractivity contribution in [1.82, 2.24) is 14.7 Å². The molecule has 5 nitrogen and oxygen atoms in total. The molecule has 1 aromatic heterocycles. The number of halogens is 1. The number of piperazine rings is 1. The van der Waals surface area contributed by atoms with E-state index in [0.29, 0.717) is 39.3 Å². The molecule has 0 radical (unpaired) electrons. The number of hydrogen-bond acceptors (Lipinski definition) is 4. The highest BCUT2D eigenvalue weighted by molar-refractivity contribution is 7.12. The van der Waals surface area contributed by atoms with E-state index in [2.05, 4.69) is 4.90 Å². The standard InChI is InChI=1S/C19H22FN3O2S/c1-21(13-15-4-6-16(20)7-5-15)18(24)14-22-8-10-23(11-9-22)19(25)17-3-2-12-26-17/h2-7,12H,8-11,13-14H2,1H3. The average molecular weight is 375 g/mol. The Kier molecular flexibility index (Phi) is 6.00. The first-order valence-corrected chi connectivity index (χ1v) is 9.44. The van der Waals surface area contributed by atoms with E-state index in [-0.39, 0.29) is 17.6 Å². The summed E-state index contributed by atoms with van der Waals surface area (Å²) in [5, 5.41) is 1.90. The minimum Gasteiger partial charge on any atom is -0.340 e. The van der Waals surface area contributed by atoms with E-state index in [0.717, 1.165) is 10.4 Å². The smallest absolute Gasteiger partial charge is 0.264 e. The topological polar surface area (TPSA) is 43.9 Å². The number of amides is 2. The second-order valence-electron chi connectivity index (χ2n) is 6.42. The second-order valence-corrected chi connectivity index (χ2v) is 7.37. The van der Waals surface area contributed by atoms with Gasteiger partial charge in [-0.2, -0.15) is 0 Å². The zero-order valence-electron chi connectivity index (χ0n) is 14.7. The molecule has 2 heterocycles. The van der Waals surface area contributed by atoms with Gasteiger partial charge in [-0.05, 0) is 29.1 Å². The Bertz CT molecular complexity index is 741. The molecule has 1 aromatic carbocycles. The predicted molar refractivity (Wildman–Crippen MR) is 99.5 cm³/mol. The van der Waals surface area contributed by atoms with Gasteiger partial charge in [0.25, 0.3) is 5.91 Å². The molecule has 138 valence electrons. The molecule has 0 bridgehead atoms. The van der Waals surface area contributed by atoms with Gasteiger partial charge < -0.3 is 9.80 Å². The van der Waals surface area contributed by atoms with Crippen LogP contribution in [0.15, 0.2) is 41.8 Å². The van der Waals surface area contributed by atoms with E-state index < -0.39 is 0 Å². The first-order chi connectivity index (χ1) is 12.5. The Hall–Kier alpha value is -2.25. The molecule has 1 fully saturated rings. The zero-order valence-corrected chi connectivity index (χ0v) is 15.5. The lowest BCUT2D eigenvalue weighted by atomic mass is 10.2. The fourth-order valence-electron chi connectivity index (χ4n) is 2.93. The lowest BCUT2D eigenvalue weighted by Gasteiger charge is -2.34.